The molecule has 2 rings (SSSR count). The molecule has 1 aliphatic heterocycles. The van der Waals surface area contributed by atoms with Gasteiger partial charge in [-0.05, 0) is 25.7 Å². The van der Waals surface area contributed by atoms with Crippen LogP contribution in [0.25, 0.3) is 0 Å². The van der Waals surface area contributed by atoms with Crippen LogP contribution in [0.15, 0.2) is 0 Å². The quantitative estimate of drug-likeness (QED) is 0.854. The smallest absolute Gasteiger partial charge is 0.347 e. The number of anilines is 1. The monoisotopic (exact) mass is 256 g/mol. The van der Waals surface area contributed by atoms with Gasteiger partial charge in [0.05, 0.1) is 5.69 Å². The number of piperidine rings is 1. The van der Waals surface area contributed by atoms with Crippen LogP contribution >= 0.6 is 11.3 Å². The van der Waals surface area contributed by atoms with Gasteiger partial charge in [-0.1, -0.05) is 11.3 Å². The topological polar surface area (TPSA) is 73.7 Å². The number of carboxylic acid groups (broad SMARTS) is 1. The number of rotatable bonds is 3. The molecule has 94 valence electrons. The molecule has 1 atom stereocenters. The molecule has 0 radical (unpaired) electrons. The van der Waals surface area contributed by atoms with E-state index in [1.807, 2.05) is 0 Å². The summed E-state index contributed by atoms with van der Waals surface area (Å²) in [4.78, 5) is 17.6. The maximum Gasteiger partial charge on any atom is 0.347 e. The number of hydrogen-bond donors (Lipinski definition) is 2. The zero-order valence-corrected chi connectivity index (χ0v) is 10.5. The summed E-state index contributed by atoms with van der Waals surface area (Å²) in [5.74, 6) is -0.636. The SMILES string of the molecule is Cc1nc(N2CCCC(CO)C2)sc1C(=O)O. The average Bonchev–Trinajstić information content (AvgIpc) is 2.71. The van der Waals surface area contributed by atoms with Crippen molar-refractivity contribution < 1.29 is 15.0 Å². The van der Waals surface area contributed by atoms with Crippen molar-refractivity contribution in [3.8, 4) is 0 Å². The number of nitrogens with zero attached hydrogens (tertiary/aromatic N) is 2. The molecule has 0 bridgehead atoms. The Morgan fingerprint density at radius 2 is 2.41 bits per heavy atom. The molecule has 5 nitrogen and oxygen atoms in total. The van der Waals surface area contributed by atoms with Gasteiger partial charge in [-0.25, -0.2) is 9.78 Å². The van der Waals surface area contributed by atoms with Gasteiger partial charge in [0.2, 0.25) is 0 Å². The molecule has 1 aliphatic rings. The molecule has 1 aromatic rings. The molecule has 6 heteroatoms. The number of aryl methyl sites for hydroxylation is 1. The van der Waals surface area contributed by atoms with Crippen molar-refractivity contribution in [1.29, 1.82) is 0 Å². The zero-order valence-electron chi connectivity index (χ0n) is 9.72. The van der Waals surface area contributed by atoms with Crippen molar-refractivity contribution in [2.75, 3.05) is 24.6 Å². The summed E-state index contributed by atoms with van der Waals surface area (Å²) < 4.78 is 0. The van der Waals surface area contributed by atoms with E-state index in [0.29, 0.717) is 10.6 Å². The van der Waals surface area contributed by atoms with E-state index in [0.717, 1.165) is 31.1 Å². The molecule has 0 aliphatic carbocycles. The van der Waals surface area contributed by atoms with Crippen LogP contribution < -0.4 is 4.90 Å². The second-order valence-corrected chi connectivity index (χ2v) is 5.33. The first-order valence-corrected chi connectivity index (χ1v) is 6.50. The van der Waals surface area contributed by atoms with Crippen molar-refractivity contribution in [3.05, 3.63) is 10.6 Å². The maximum atomic E-state index is 11.0. The van der Waals surface area contributed by atoms with Gasteiger partial charge in [0, 0.05) is 19.7 Å². The molecule has 0 saturated carbocycles. The third kappa shape index (κ3) is 2.58. The number of thiazole rings is 1. The number of carboxylic acids is 1. The lowest BCUT2D eigenvalue weighted by Crippen LogP contribution is -2.36. The van der Waals surface area contributed by atoms with Crippen molar-refractivity contribution in [2.45, 2.75) is 19.8 Å². The highest BCUT2D eigenvalue weighted by atomic mass is 32.1. The average molecular weight is 256 g/mol. The van der Waals surface area contributed by atoms with Gasteiger partial charge in [-0.3, -0.25) is 0 Å². The van der Waals surface area contributed by atoms with Crippen molar-refractivity contribution >= 4 is 22.4 Å². The fourth-order valence-corrected chi connectivity index (χ4v) is 3.04. The Kier molecular flexibility index (Phi) is 3.63. The Balaban J connectivity index is 2.16. The van der Waals surface area contributed by atoms with Crippen LogP contribution in [0, 0.1) is 12.8 Å². The molecule has 1 fully saturated rings. The number of aliphatic hydroxyl groups is 1. The Bertz CT molecular complexity index is 419. The molecule has 1 saturated heterocycles. The van der Waals surface area contributed by atoms with Gasteiger partial charge >= 0.3 is 5.97 Å². The van der Waals surface area contributed by atoms with E-state index in [2.05, 4.69) is 9.88 Å². The van der Waals surface area contributed by atoms with Gasteiger partial charge < -0.3 is 15.1 Å². The van der Waals surface area contributed by atoms with Crippen LogP contribution in [0.2, 0.25) is 0 Å². The van der Waals surface area contributed by atoms with Crippen molar-refractivity contribution in [3.63, 3.8) is 0 Å². The summed E-state index contributed by atoms with van der Waals surface area (Å²) in [5, 5.41) is 18.9. The van der Waals surface area contributed by atoms with Gasteiger partial charge in [-0.15, -0.1) is 0 Å². The largest absolute Gasteiger partial charge is 0.477 e. The Labute approximate surface area is 104 Å². The van der Waals surface area contributed by atoms with Crippen LogP contribution in [0.3, 0.4) is 0 Å². The lowest BCUT2D eigenvalue weighted by atomic mass is 10.00. The van der Waals surface area contributed by atoms with Gasteiger partial charge in [-0.2, -0.15) is 0 Å². The van der Waals surface area contributed by atoms with Gasteiger partial charge in [0.1, 0.15) is 4.88 Å². The highest BCUT2D eigenvalue weighted by Gasteiger charge is 2.23. The molecule has 1 aromatic heterocycles. The highest BCUT2D eigenvalue weighted by Crippen LogP contribution is 2.29. The minimum absolute atomic E-state index is 0.187. The van der Waals surface area contributed by atoms with Crippen molar-refractivity contribution in [1.82, 2.24) is 4.98 Å². The Hall–Kier alpha value is -1.14. The van der Waals surface area contributed by atoms with E-state index in [9.17, 15) is 4.79 Å². The third-order valence-electron chi connectivity index (χ3n) is 3.03. The van der Waals surface area contributed by atoms with Gasteiger partial charge in [0.25, 0.3) is 0 Å². The molecule has 1 unspecified atom stereocenters. The minimum Gasteiger partial charge on any atom is -0.477 e. The highest BCUT2D eigenvalue weighted by molar-refractivity contribution is 7.17. The first-order valence-electron chi connectivity index (χ1n) is 5.68. The summed E-state index contributed by atoms with van der Waals surface area (Å²) in [7, 11) is 0. The normalized spacial score (nSPS) is 20.6. The minimum atomic E-state index is -0.915. The Morgan fingerprint density at radius 3 is 3.00 bits per heavy atom. The second kappa shape index (κ2) is 5.01. The summed E-state index contributed by atoms with van der Waals surface area (Å²) in [6.07, 6.45) is 2.05. The van der Waals surface area contributed by atoms with Crippen LogP contribution in [0.4, 0.5) is 5.13 Å². The van der Waals surface area contributed by atoms with E-state index < -0.39 is 5.97 Å². The summed E-state index contributed by atoms with van der Waals surface area (Å²) in [5.41, 5.74) is 0.573. The first kappa shape index (κ1) is 12.3. The van der Waals surface area contributed by atoms with Crippen LogP contribution in [0.1, 0.15) is 28.2 Å². The van der Waals surface area contributed by atoms with Crippen LogP contribution in [-0.4, -0.2) is 40.9 Å². The predicted octanol–water partition coefficient (Wildman–Crippen LogP) is 1.36. The first-order chi connectivity index (χ1) is 8.11. The maximum absolute atomic E-state index is 11.0. The fraction of sp³-hybridized carbons (Fsp3) is 0.636. The Morgan fingerprint density at radius 1 is 1.65 bits per heavy atom. The molecule has 17 heavy (non-hydrogen) atoms. The molecule has 2 heterocycles. The number of aromatic nitrogens is 1. The number of carbonyl (C=O) groups is 1. The number of hydrogen-bond acceptors (Lipinski definition) is 5. The molecular weight excluding hydrogens is 240 g/mol. The van der Waals surface area contributed by atoms with E-state index in [-0.39, 0.29) is 12.5 Å². The lowest BCUT2D eigenvalue weighted by Gasteiger charge is -2.31. The van der Waals surface area contributed by atoms with Gasteiger partial charge in [0.15, 0.2) is 5.13 Å². The third-order valence-corrected chi connectivity index (χ3v) is 4.23. The molecule has 2 N–H and O–H groups in total. The van der Waals surface area contributed by atoms with E-state index >= 15 is 0 Å². The fourth-order valence-electron chi connectivity index (χ4n) is 2.10. The zero-order chi connectivity index (χ0) is 12.4. The summed E-state index contributed by atoms with van der Waals surface area (Å²) in [6, 6.07) is 0. The second-order valence-electron chi connectivity index (χ2n) is 4.35. The molecule has 0 aromatic carbocycles. The van der Waals surface area contributed by atoms with Crippen LogP contribution in [-0.2, 0) is 0 Å². The number of aromatic carboxylic acids is 1. The van der Waals surface area contributed by atoms with E-state index in [4.69, 9.17) is 10.2 Å². The molecule has 0 amide bonds. The summed E-state index contributed by atoms with van der Waals surface area (Å²) in [6.45, 7) is 3.56. The number of aliphatic hydroxyl groups excluding tert-OH is 1. The van der Waals surface area contributed by atoms with Crippen molar-refractivity contribution in [2.24, 2.45) is 5.92 Å². The predicted molar refractivity (Wildman–Crippen MR) is 65.8 cm³/mol. The molecular formula is C11H16N2O3S. The van der Waals surface area contributed by atoms with Crippen LogP contribution in [0.5, 0.6) is 0 Å². The van der Waals surface area contributed by atoms with E-state index in [1.165, 1.54) is 11.3 Å². The standard InChI is InChI=1S/C11H16N2O3S/c1-7-9(10(15)16)17-11(12-7)13-4-2-3-8(5-13)6-14/h8,14H,2-6H2,1H3,(H,15,16). The van der Waals surface area contributed by atoms with E-state index in [1.54, 1.807) is 6.92 Å². The summed E-state index contributed by atoms with van der Waals surface area (Å²) >= 11 is 1.22. The lowest BCUT2D eigenvalue weighted by molar-refractivity contribution is 0.0701. The molecule has 0 spiro atoms.